The second-order valence-electron chi connectivity index (χ2n) is 5.04. The zero-order valence-corrected chi connectivity index (χ0v) is 11.1. The van der Waals surface area contributed by atoms with E-state index in [4.69, 9.17) is 0 Å². The van der Waals surface area contributed by atoms with Crippen molar-refractivity contribution in [2.45, 2.75) is 25.3 Å². The third-order valence-electron chi connectivity index (χ3n) is 3.48. The highest BCUT2D eigenvalue weighted by atomic mass is 16.3. The lowest BCUT2D eigenvalue weighted by Crippen LogP contribution is -2.44. The predicted octanol–water partition coefficient (Wildman–Crippen LogP) is 1.31. The summed E-state index contributed by atoms with van der Waals surface area (Å²) in [5.41, 5.74) is 0.383. The van der Waals surface area contributed by atoms with Crippen LogP contribution >= 0.6 is 0 Å². The van der Waals surface area contributed by atoms with Crippen molar-refractivity contribution in [3.05, 3.63) is 23.8 Å². The van der Waals surface area contributed by atoms with Crippen molar-refractivity contribution in [3.63, 3.8) is 0 Å². The summed E-state index contributed by atoms with van der Waals surface area (Å²) < 4.78 is 0. The molecular formula is C14H20N2O3. The van der Waals surface area contributed by atoms with Gasteiger partial charge >= 0.3 is 0 Å². The molecule has 1 fully saturated rings. The molecule has 0 saturated carbocycles. The Morgan fingerprint density at radius 2 is 2.16 bits per heavy atom. The predicted molar refractivity (Wildman–Crippen MR) is 72.4 cm³/mol. The summed E-state index contributed by atoms with van der Waals surface area (Å²) in [5.74, 6) is -0.633. The van der Waals surface area contributed by atoms with Crippen molar-refractivity contribution >= 4 is 5.91 Å². The molecule has 1 aromatic carbocycles. The highest BCUT2D eigenvalue weighted by Gasteiger charge is 2.19. The Morgan fingerprint density at radius 3 is 2.79 bits per heavy atom. The number of benzene rings is 1. The molecule has 5 heteroatoms. The van der Waals surface area contributed by atoms with E-state index in [-0.39, 0.29) is 17.4 Å². The SMILES string of the molecule is CN(CC1CCCCN1)C(=O)c1ccc(O)c(O)c1. The van der Waals surface area contributed by atoms with E-state index in [1.54, 1.807) is 11.9 Å². The first kappa shape index (κ1) is 13.7. The van der Waals surface area contributed by atoms with Gasteiger partial charge in [0.15, 0.2) is 11.5 Å². The van der Waals surface area contributed by atoms with Crippen LogP contribution in [0, 0.1) is 0 Å². The minimum Gasteiger partial charge on any atom is -0.504 e. The lowest BCUT2D eigenvalue weighted by atomic mass is 10.0. The zero-order valence-electron chi connectivity index (χ0n) is 11.1. The molecule has 0 aliphatic carbocycles. The Morgan fingerprint density at radius 1 is 1.37 bits per heavy atom. The quantitative estimate of drug-likeness (QED) is 0.720. The Hall–Kier alpha value is -1.75. The van der Waals surface area contributed by atoms with Crippen LogP contribution in [0.25, 0.3) is 0 Å². The molecule has 0 bridgehead atoms. The van der Waals surface area contributed by atoms with Gasteiger partial charge in [-0.2, -0.15) is 0 Å². The molecule has 1 aliphatic heterocycles. The number of hydrogen-bond donors (Lipinski definition) is 3. The largest absolute Gasteiger partial charge is 0.504 e. The van der Waals surface area contributed by atoms with Crippen LogP contribution in [0.5, 0.6) is 11.5 Å². The fraction of sp³-hybridized carbons (Fsp3) is 0.500. The van der Waals surface area contributed by atoms with E-state index in [1.165, 1.54) is 31.0 Å². The van der Waals surface area contributed by atoms with Gasteiger partial charge in [-0.25, -0.2) is 0 Å². The van der Waals surface area contributed by atoms with Gasteiger partial charge in [-0.1, -0.05) is 6.42 Å². The number of hydrogen-bond acceptors (Lipinski definition) is 4. The van der Waals surface area contributed by atoms with Gasteiger partial charge in [-0.3, -0.25) is 4.79 Å². The second-order valence-corrected chi connectivity index (χ2v) is 5.04. The normalized spacial score (nSPS) is 19.1. The Balaban J connectivity index is 1.99. The van der Waals surface area contributed by atoms with Crippen LogP contribution in [0.4, 0.5) is 0 Å². The number of likely N-dealkylation sites (N-methyl/N-ethyl adjacent to an activating group) is 1. The molecule has 1 atom stereocenters. The number of rotatable bonds is 3. The van der Waals surface area contributed by atoms with Gasteiger partial charge in [0.25, 0.3) is 5.91 Å². The Kier molecular flexibility index (Phi) is 4.27. The summed E-state index contributed by atoms with van der Waals surface area (Å²) >= 11 is 0. The van der Waals surface area contributed by atoms with E-state index in [1.807, 2.05) is 0 Å². The molecule has 0 spiro atoms. The standard InChI is InChI=1S/C14H20N2O3/c1-16(9-11-4-2-3-7-15-11)14(19)10-5-6-12(17)13(18)8-10/h5-6,8,11,15,17-18H,2-4,7,9H2,1H3. The maximum absolute atomic E-state index is 12.2. The van der Waals surface area contributed by atoms with Gasteiger partial charge in [0, 0.05) is 25.2 Å². The number of amides is 1. The monoisotopic (exact) mass is 264 g/mol. The van der Waals surface area contributed by atoms with E-state index in [0.29, 0.717) is 18.2 Å². The molecule has 3 N–H and O–H groups in total. The van der Waals surface area contributed by atoms with E-state index < -0.39 is 0 Å². The van der Waals surface area contributed by atoms with E-state index >= 15 is 0 Å². The van der Waals surface area contributed by atoms with Crippen LogP contribution in [0.3, 0.4) is 0 Å². The Labute approximate surface area is 112 Å². The highest BCUT2D eigenvalue weighted by molar-refractivity contribution is 5.94. The number of aromatic hydroxyl groups is 2. The molecule has 2 rings (SSSR count). The molecule has 104 valence electrons. The van der Waals surface area contributed by atoms with Crippen molar-refractivity contribution in [2.24, 2.45) is 0 Å². The average molecular weight is 264 g/mol. The lowest BCUT2D eigenvalue weighted by Gasteiger charge is -2.28. The molecule has 0 radical (unpaired) electrons. The third kappa shape index (κ3) is 3.38. The summed E-state index contributed by atoms with van der Waals surface area (Å²) in [5, 5.41) is 22.1. The summed E-state index contributed by atoms with van der Waals surface area (Å²) in [6, 6.07) is 4.48. The van der Waals surface area contributed by atoms with Crippen molar-refractivity contribution in [2.75, 3.05) is 20.1 Å². The number of piperidine rings is 1. The number of nitrogens with zero attached hydrogens (tertiary/aromatic N) is 1. The van der Waals surface area contributed by atoms with E-state index in [9.17, 15) is 15.0 Å². The summed E-state index contributed by atoms with van der Waals surface area (Å²) in [6.45, 7) is 1.66. The Bertz CT molecular complexity index is 456. The van der Waals surface area contributed by atoms with Gasteiger partial charge in [-0.15, -0.1) is 0 Å². The first-order chi connectivity index (χ1) is 9.08. The first-order valence-electron chi connectivity index (χ1n) is 6.59. The van der Waals surface area contributed by atoms with Crippen LogP contribution in [0.1, 0.15) is 29.6 Å². The third-order valence-corrected chi connectivity index (χ3v) is 3.48. The van der Waals surface area contributed by atoms with Gasteiger partial charge in [0.1, 0.15) is 0 Å². The van der Waals surface area contributed by atoms with Crippen LogP contribution in [-0.2, 0) is 0 Å². The molecule has 1 aliphatic rings. The van der Waals surface area contributed by atoms with Crippen LogP contribution < -0.4 is 5.32 Å². The van der Waals surface area contributed by atoms with E-state index in [0.717, 1.165) is 13.0 Å². The number of carbonyl (C=O) groups excluding carboxylic acids is 1. The lowest BCUT2D eigenvalue weighted by molar-refractivity contribution is 0.0775. The number of carbonyl (C=O) groups is 1. The molecule has 1 heterocycles. The average Bonchev–Trinajstić information content (AvgIpc) is 2.42. The minimum atomic E-state index is -0.268. The van der Waals surface area contributed by atoms with Crippen molar-refractivity contribution in [1.82, 2.24) is 10.2 Å². The van der Waals surface area contributed by atoms with Crippen LogP contribution in [0.2, 0.25) is 0 Å². The van der Waals surface area contributed by atoms with Crippen molar-refractivity contribution < 1.29 is 15.0 Å². The van der Waals surface area contributed by atoms with E-state index in [2.05, 4.69) is 5.32 Å². The van der Waals surface area contributed by atoms with Gasteiger partial charge < -0.3 is 20.4 Å². The smallest absolute Gasteiger partial charge is 0.253 e. The van der Waals surface area contributed by atoms with Gasteiger partial charge in [-0.05, 0) is 37.6 Å². The molecule has 1 saturated heterocycles. The van der Waals surface area contributed by atoms with Crippen molar-refractivity contribution in [3.8, 4) is 11.5 Å². The molecule has 5 nitrogen and oxygen atoms in total. The number of phenolic OH excluding ortho intramolecular Hbond substituents is 2. The molecule has 1 amide bonds. The molecule has 19 heavy (non-hydrogen) atoms. The zero-order chi connectivity index (χ0) is 13.8. The fourth-order valence-corrected chi connectivity index (χ4v) is 2.37. The fourth-order valence-electron chi connectivity index (χ4n) is 2.37. The summed E-state index contributed by atoms with van der Waals surface area (Å²) in [4.78, 5) is 13.8. The first-order valence-corrected chi connectivity index (χ1v) is 6.59. The molecule has 1 aromatic rings. The summed E-state index contributed by atoms with van der Waals surface area (Å²) in [7, 11) is 1.75. The molecular weight excluding hydrogens is 244 g/mol. The van der Waals surface area contributed by atoms with Gasteiger partial charge in [0.05, 0.1) is 0 Å². The number of phenols is 2. The topological polar surface area (TPSA) is 72.8 Å². The maximum Gasteiger partial charge on any atom is 0.253 e. The second kappa shape index (κ2) is 5.93. The summed E-state index contributed by atoms with van der Waals surface area (Å²) in [6.07, 6.45) is 3.47. The van der Waals surface area contributed by atoms with Gasteiger partial charge in [0.2, 0.25) is 0 Å². The molecule has 1 unspecified atom stereocenters. The number of nitrogens with one attached hydrogen (secondary N) is 1. The van der Waals surface area contributed by atoms with Crippen LogP contribution in [-0.4, -0.2) is 47.2 Å². The molecule has 0 aromatic heterocycles. The minimum absolute atomic E-state index is 0.150. The maximum atomic E-state index is 12.2. The highest BCUT2D eigenvalue weighted by Crippen LogP contribution is 2.25. The van der Waals surface area contributed by atoms with Crippen LogP contribution in [0.15, 0.2) is 18.2 Å². The van der Waals surface area contributed by atoms with Crippen molar-refractivity contribution in [1.29, 1.82) is 0 Å².